The van der Waals surface area contributed by atoms with Crippen LogP contribution in [0.15, 0.2) is 103 Å². The number of hydrogen-bond donors (Lipinski definition) is 1. The summed E-state index contributed by atoms with van der Waals surface area (Å²) in [7, 11) is 1.54. The zero-order valence-corrected chi connectivity index (χ0v) is 23.8. The predicted octanol–water partition coefficient (Wildman–Crippen LogP) is 6.59. The van der Waals surface area contributed by atoms with Crippen molar-refractivity contribution in [2.45, 2.75) is 24.4 Å². The highest BCUT2D eigenvalue weighted by Gasteiger charge is 2.70. The molecule has 4 aromatic rings. The summed E-state index contributed by atoms with van der Waals surface area (Å²) in [5.41, 5.74) is 3.32. The Bertz CT molecular complexity index is 1830. The lowest BCUT2D eigenvalue weighted by molar-refractivity contribution is -0.121. The first-order chi connectivity index (χ1) is 20.4. The molecule has 0 aliphatic carbocycles. The molecule has 3 heterocycles. The van der Waals surface area contributed by atoms with Gasteiger partial charge in [-0.2, -0.15) is 0 Å². The van der Waals surface area contributed by atoms with Crippen molar-refractivity contribution in [3.63, 3.8) is 0 Å². The number of amides is 1. The molecule has 208 valence electrons. The van der Waals surface area contributed by atoms with Crippen molar-refractivity contribution < 1.29 is 19.1 Å². The van der Waals surface area contributed by atoms with Crippen molar-refractivity contribution in [1.82, 2.24) is 0 Å². The van der Waals surface area contributed by atoms with Crippen LogP contribution in [0.25, 0.3) is 5.57 Å². The third kappa shape index (κ3) is 3.55. The van der Waals surface area contributed by atoms with Gasteiger partial charge in [0.15, 0.2) is 11.6 Å². The molecular formula is C35H27ClN2O4. The fourth-order valence-electron chi connectivity index (χ4n) is 7.16. The van der Waals surface area contributed by atoms with Crippen molar-refractivity contribution >= 4 is 46.0 Å². The Morgan fingerprint density at radius 2 is 1.64 bits per heavy atom. The Morgan fingerprint density at radius 1 is 0.905 bits per heavy atom. The number of Topliss-reactive ketones (excluding diaryl/α,β-unsaturated/α-hetero) is 2. The van der Waals surface area contributed by atoms with Crippen LogP contribution in [0.1, 0.15) is 38.8 Å². The van der Waals surface area contributed by atoms with E-state index in [-0.39, 0.29) is 28.1 Å². The maximum atomic E-state index is 14.9. The summed E-state index contributed by atoms with van der Waals surface area (Å²) in [4.78, 5) is 46.2. The minimum Gasteiger partial charge on any atom is -0.497 e. The second-order valence-electron chi connectivity index (χ2n) is 11.0. The number of anilines is 2. The molecule has 3 aliphatic heterocycles. The van der Waals surface area contributed by atoms with E-state index in [1.807, 2.05) is 66.4 Å². The number of carbonyl (C=O) groups excluding carboxylic acids is 3. The first kappa shape index (κ1) is 26.2. The van der Waals surface area contributed by atoms with Crippen LogP contribution >= 0.6 is 11.6 Å². The average Bonchev–Trinajstić information content (AvgIpc) is 3.49. The van der Waals surface area contributed by atoms with Crippen molar-refractivity contribution in [2.24, 2.45) is 5.92 Å². The number of ether oxygens (including phenoxy) is 1. The number of carbonyl (C=O) groups is 3. The van der Waals surface area contributed by atoms with Crippen LogP contribution in [0, 0.1) is 5.92 Å². The summed E-state index contributed by atoms with van der Waals surface area (Å²) in [6, 6.07) is 27.4. The molecule has 42 heavy (non-hydrogen) atoms. The SMILES string of the molecule is COc1cccc(C(=O)[C@@H]2[C@@H](C(=O)c3ccccc3Cl)[C@]3(C(=O)Nc4ccccc43)[C@H]3C=C(C)c4ccccc4N23)c1. The summed E-state index contributed by atoms with van der Waals surface area (Å²) in [6.45, 7) is 2.00. The Balaban J connectivity index is 1.56. The van der Waals surface area contributed by atoms with Crippen LogP contribution in [0.2, 0.25) is 5.02 Å². The summed E-state index contributed by atoms with van der Waals surface area (Å²) < 4.78 is 5.44. The molecule has 0 aromatic heterocycles. The van der Waals surface area contributed by atoms with Crippen LogP contribution in [-0.2, 0) is 10.2 Å². The van der Waals surface area contributed by atoms with Crippen molar-refractivity contribution in [3.05, 3.63) is 130 Å². The van der Waals surface area contributed by atoms with E-state index >= 15 is 0 Å². The van der Waals surface area contributed by atoms with Gasteiger partial charge >= 0.3 is 0 Å². The molecule has 3 aliphatic rings. The highest BCUT2D eigenvalue weighted by atomic mass is 35.5. The summed E-state index contributed by atoms with van der Waals surface area (Å²) in [6.07, 6.45) is 2.04. The van der Waals surface area contributed by atoms with Crippen LogP contribution in [0.3, 0.4) is 0 Å². The number of rotatable bonds is 5. The molecule has 0 radical (unpaired) electrons. The third-order valence-corrected chi connectivity index (χ3v) is 9.26. The molecule has 1 fully saturated rings. The molecular weight excluding hydrogens is 548 g/mol. The number of methoxy groups -OCH3 is 1. The van der Waals surface area contributed by atoms with E-state index in [4.69, 9.17) is 16.3 Å². The lowest BCUT2D eigenvalue weighted by Crippen LogP contribution is -2.51. The van der Waals surface area contributed by atoms with Crippen LogP contribution < -0.4 is 15.0 Å². The Kier molecular flexibility index (Phi) is 6.06. The summed E-state index contributed by atoms with van der Waals surface area (Å²) >= 11 is 6.62. The van der Waals surface area contributed by atoms with E-state index in [1.165, 1.54) is 0 Å². The zero-order chi connectivity index (χ0) is 29.2. The summed E-state index contributed by atoms with van der Waals surface area (Å²) in [5, 5.41) is 3.33. The first-order valence-corrected chi connectivity index (χ1v) is 14.2. The van der Waals surface area contributed by atoms with Crippen molar-refractivity contribution in [2.75, 3.05) is 17.3 Å². The molecule has 6 nitrogen and oxygen atoms in total. The average molecular weight is 575 g/mol. The quantitative estimate of drug-likeness (QED) is 0.272. The molecule has 4 atom stereocenters. The Labute approximate surface area is 248 Å². The first-order valence-electron chi connectivity index (χ1n) is 13.8. The fraction of sp³-hybridized carbons (Fsp3) is 0.171. The van der Waals surface area contributed by atoms with Gasteiger partial charge in [-0.3, -0.25) is 14.4 Å². The monoisotopic (exact) mass is 574 g/mol. The van der Waals surface area contributed by atoms with Crippen LogP contribution in [-0.4, -0.2) is 36.7 Å². The number of nitrogens with one attached hydrogen (secondary N) is 1. The molecule has 7 heteroatoms. The highest BCUT2D eigenvalue weighted by molar-refractivity contribution is 6.34. The van der Waals surface area contributed by atoms with Gasteiger partial charge in [0.1, 0.15) is 17.2 Å². The number of allylic oxidation sites excluding steroid dienone is 1. The van der Waals surface area contributed by atoms with Gasteiger partial charge < -0.3 is 15.0 Å². The smallest absolute Gasteiger partial charge is 0.238 e. The van der Waals surface area contributed by atoms with Gasteiger partial charge in [-0.1, -0.05) is 78.3 Å². The van der Waals surface area contributed by atoms with Gasteiger partial charge in [-0.15, -0.1) is 0 Å². The second-order valence-corrected chi connectivity index (χ2v) is 11.4. The maximum Gasteiger partial charge on any atom is 0.238 e. The number of benzene rings is 4. The molecule has 1 saturated heterocycles. The molecule has 1 N–H and O–H groups in total. The van der Waals surface area contributed by atoms with Gasteiger partial charge in [-0.25, -0.2) is 0 Å². The molecule has 1 amide bonds. The topological polar surface area (TPSA) is 75.7 Å². The fourth-order valence-corrected chi connectivity index (χ4v) is 7.39. The number of nitrogens with zero attached hydrogens (tertiary/aromatic N) is 1. The number of para-hydroxylation sites is 2. The number of hydrogen-bond acceptors (Lipinski definition) is 5. The van der Waals surface area contributed by atoms with E-state index in [0.29, 0.717) is 22.6 Å². The van der Waals surface area contributed by atoms with Crippen LogP contribution in [0.4, 0.5) is 11.4 Å². The minimum atomic E-state index is -1.40. The van der Waals surface area contributed by atoms with E-state index < -0.39 is 23.4 Å². The lowest BCUT2D eigenvalue weighted by Gasteiger charge is -2.39. The lowest BCUT2D eigenvalue weighted by atomic mass is 9.64. The minimum absolute atomic E-state index is 0.272. The number of ketones is 2. The second kappa shape index (κ2) is 9.71. The Morgan fingerprint density at radius 3 is 2.45 bits per heavy atom. The van der Waals surface area contributed by atoms with E-state index in [9.17, 15) is 14.4 Å². The largest absolute Gasteiger partial charge is 0.497 e. The van der Waals surface area contributed by atoms with E-state index in [1.54, 1.807) is 55.6 Å². The van der Waals surface area contributed by atoms with Gasteiger partial charge in [0.2, 0.25) is 5.91 Å². The molecule has 1 spiro atoms. The number of halogens is 1. The predicted molar refractivity (Wildman–Crippen MR) is 163 cm³/mol. The highest BCUT2D eigenvalue weighted by Crippen LogP contribution is 2.59. The normalized spacial score (nSPS) is 23.5. The van der Waals surface area contributed by atoms with Crippen molar-refractivity contribution in [3.8, 4) is 5.75 Å². The maximum absolute atomic E-state index is 14.9. The van der Waals surface area contributed by atoms with E-state index in [0.717, 1.165) is 16.8 Å². The van der Waals surface area contributed by atoms with E-state index in [2.05, 4.69) is 5.32 Å². The third-order valence-electron chi connectivity index (χ3n) is 8.93. The van der Waals surface area contributed by atoms with Gasteiger partial charge in [-0.05, 0) is 54.5 Å². The zero-order valence-electron chi connectivity index (χ0n) is 23.0. The number of fused-ring (bicyclic) bond motifs is 6. The molecule has 0 bridgehead atoms. The molecule has 0 unspecified atom stereocenters. The molecule has 0 saturated carbocycles. The van der Waals surface area contributed by atoms with Gasteiger partial charge in [0.05, 0.1) is 24.1 Å². The molecule has 7 rings (SSSR count). The van der Waals surface area contributed by atoms with Gasteiger partial charge in [0, 0.05) is 28.1 Å². The van der Waals surface area contributed by atoms with Crippen molar-refractivity contribution in [1.29, 1.82) is 0 Å². The van der Waals surface area contributed by atoms with Crippen LogP contribution in [0.5, 0.6) is 5.75 Å². The summed E-state index contributed by atoms with van der Waals surface area (Å²) in [5.74, 6) is -1.51. The standard InChI is InChI=1S/C35H27ClN2O4/c1-20-18-29-35(25-14-5-7-16-27(25)37-34(35)41)30(33(40)24-13-3-6-15-26(24)36)31(38(29)28-17-8-4-12-23(20)28)32(39)21-10-9-11-22(19-21)42-2/h3-19,29-31H,1-2H3,(H,37,41)/t29-,30+,31+,35-/m1/s1. The van der Waals surface area contributed by atoms with Gasteiger partial charge in [0.25, 0.3) is 0 Å². The Hall–Kier alpha value is -4.68. The molecule has 4 aromatic carbocycles.